The average Bonchev–Trinajstić information content (AvgIpc) is 3.03. The molecule has 1 aromatic heterocycles. The van der Waals surface area contributed by atoms with Crippen LogP contribution in [0, 0.1) is 0 Å². The fourth-order valence-electron chi connectivity index (χ4n) is 2.31. The second kappa shape index (κ2) is 10.7. The van der Waals surface area contributed by atoms with Crippen LogP contribution in [-0.4, -0.2) is 71.5 Å². The van der Waals surface area contributed by atoms with Crippen LogP contribution >= 0.6 is 0 Å². The van der Waals surface area contributed by atoms with Gasteiger partial charge in [-0.25, -0.2) is 4.68 Å². The summed E-state index contributed by atoms with van der Waals surface area (Å²) in [5.41, 5.74) is 0.648. The van der Waals surface area contributed by atoms with Gasteiger partial charge in [0.15, 0.2) is 0 Å². The Morgan fingerprint density at radius 3 is 2.12 bits per heavy atom. The molecule has 0 aromatic carbocycles. The first-order chi connectivity index (χ1) is 11.2. The zero-order chi connectivity index (χ0) is 18.9. The number of hydrogen-bond acceptors (Lipinski definition) is 7. The molecule has 8 heteroatoms. The molecule has 0 aliphatic heterocycles. The lowest BCUT2D eigenvalue weighted by molar-refractivity contribution is -0.118. The molecule has 4 unspecified atom stereocenters. The summed E-state index contributed by atoms with van der Waals surface area (Å²) >= 11 is 0. The summed E-state index contributed by atoms with van der Waals surface area (Å²) in [4.78, 5) is 0. The van der Waals surface area contributed by atoms with E-state index in [1.807, 2.05) is 13.8 Å². The molecular formula is C16H33N3O5. The monoisotopic (exact) mass is 347 g/mol. The molecule has 4 atom stereocenters. The summed E-state index contributed by atoms with van der Waals surface area (Å²) in [5.74, 6) is 0. The Hall–Kier alpha value is -1.06. The van der Waals surface area contributed by atoms with Gasteiger partial charge >= 0.3 is 0 Å². The average molecular weight is 347 g/mol. The highest BCUT2D eigenvalue weighted by Crippen LogP contribution is 2.26. The Bertz CT molecular complexity index is 453. The molecule has 0 bridgehead atoms. The standard InChI is InChI=1S/C14H27N3O5.C2H6/c1-4-5-14(2,3)11-7-17(16-15-11)6-9(19)12(21)13(22)10(20)8-18;1-2/h7,9-10,12-13,18-22H,4-6,8H2,1-3H3;1-2H3. The highest BCUT2D eigenvalue weighted by atomic mass is 16.4. The van der Waals surface area contributed by atoms with Crippen molar-refractivity contribution in [2.45, 2.75) is 83.8 Å². The van der Waals surface area contributed by atoms with Gasteiger partial charge < -0.3 is 25.5 Å². The molecule has 0 aliphatic rings. The smallest absolute Gasteiger partial charge is 0.111 e. The Kier molecular flexibility index (Phi) is 10.3. The van der Waals surface area contributed by atoms with Crippen LogP contribution in [-0.2, 0) is 12.0 Å². The largest absolute Gasteiger partial charge is 0.394 e. The Morgan fingerprint density at radius 1 is 1.08 bits per heavy atom. The van der Waals surface area contributed by atoms with Gasteiger partial charge in [0.1, 0.15) is 24.4 Å². The number of hydrogen-bond donors (Lipinski definition) is 5. The molecule has 0 radical (unpaired) electrons. The summed E-state index contributed by atoms with van der Waals surface area (Å²) in [7, 11) is 0. The summed E-state index contributed by atoms with van der Waals surface area (Å²) in [5, 5.41) is 55.3. The van der Waals surface area contributed by atoms with Gasteiger partial charge in [0.2, 0.25) is 0 Å². The van der Waals surface area contributed by atoms with Gasteiger partial charge in [-0.05, 0) is 6.42 Å². The molecule has 0 aliphatic carbocycles. The van der Waals surface area contributed by atoms with E-state index in [0.29, 0.717) is 0 Å². The van der Waals surface area contributed by atoms with E-state index in [2.05, 4.69) is 31.1 Å². The van der Waals surface area contributed by atoms with E-state index in [1.165, 1.54) is 4.68 Å². The first-order valence-corrected chi connectivity index (χ1v) is 8.46. The van der Waals surface area contributed by atoms with E-state index < -0.39 is 31.0 Å². The lowest BCUT2D eigenvalue weighted by Gasteiger charge is -2.25. The third kappa shape index (κ3) is 6.45. The minimum Gasteiger partial charge on any atom is -0.394 e. The van der Waals surface area contributed by atoms with Gasteiger partial charge in [0, 0.05) is 11.6 Å². The number of aliphatic hydroxyl groups is 5. The maximum absolute atomic E-state index is 9.91. The molecule has 0 spiro atoms. The van der Waals surface area contributed by atoms with E-state index in [9.17, 15) is 20.4 Å². The molecule has 1 heterocycles. The van der Waals surface area contributed by atoms with E-state index in [0.717, 1.165) is 18.5 Å². The number of aromatic nitrogens is 3. The zero-order valence-corrected chi connectivity index (χ0v) is 15.3. The van der Waals surface area contributed by atoms with Gasteiger partial charge in [0.05, 0.1) is 18.8 Å². The molecule has 1 rings (SSSR count). The number of rotatable bonds is 9. The van der Waals surface area contributed by atoms with E-state index in [-0.39, 0.29) is 12.0 Å². The summed E-state index contributed by atoms with van der Waals surface area (Å²) in [6.07, 6.45) is -2.46. The van der Waals surface area contributed by atoms with Crippen LogP contribution in [0.1, 0.15) is 53.2 Å². The highest BCUT2D eigenvalue weighted by molar-refractivity contribution is 5.08. The third-order valence-electron chi connectivity index (χ3n) is 3.81. The quantitative estimate of drug-likeness (QED) is 0.418. The van der Waals surface area contributed by atoms with Crippen LogP contribution in [0.2, 0.25) is 0 Å². The first kappa shape index (κ1) is 22.9. The Balaban J connectivity index is 0.00000254. The maximum atomic E-state index is 9.91. The number of nitrogens with zero attached hydrogens (tertiary/aromatic N) is 3. The molecular weight excluding hydrogens is 314 g/mol. The van der Waals surface area contributed by atoms with Gasteiger partial charge in [-0.15, -0.1) is 5.10 Å². The van der Waals surface area contributed by atoms with Gasteiger partial charge in [-0.1, -0.05) is 46.3 Å². The molecule has 0 fully saturated rings. The van der Waals surface area contributed by atoms with E-state index in [1.54, 1.807) is 6.20 Å². The van der Waals surface area contributed by atoms with Crippen LogP contribution in [0.3, 0.4) is 0 Å². The fraction of sp³-hybridized carbons (Fsp3) is 0.875. The first-order valence-electron chi connectivity index (χ1n) is 8.46. The molecule has 5 N–H and O–H groups in total. The van der Waals surface area contributed by atoms with Crippen molar-refractivity contribution in [2.24, 2.45) is 0 Å². The third-order valence-corrected chi connectivity index (χ3v) is 3.81. The second-order valence-electron chi connectivity index (χ2n) is 6.26. The predicted molar refractivity (Wildman–Crippen MR) is 90.4 cm³/mol. The summed E-state index contributed by atoms with van der Waals surface area (Å²) in [6, 6.07) is 0. The van der Waals surface area contributed by atoms with Crippen molar-refractivity contribution in [3.05, 3.63) is 11.9 Å². The van der Waals surface area contributed by atoms with Crippen molar-refractivity contribution in [2.75, 3.05) is 6.61 Å². The zero-order valence-electron chi connectivity index (χ0n) is 15.3. The van der Waals surface area contributed by atoms with Crippen molar-refractivity contribution in [1.82, 2.24) is 15.0 Å². The predicted octanol–water partition coefficient (Wildman–Crippen LogP) is -0.182. The van der Waals surface area contributed by atoms with Gasteiger partial charge in [0.25, 0.3) is 0 Å². The van der Waals surface area contributed by atoms with Crippen molar-refractivity contribution in [1.29, 1.82) is 0 Å². The Morgan fingerprint density at radius 2 is 1.62 bits per heavy atom. The highest BCUT2D eigenvalue weighted by Gasteiger charge is 2.31. The van der Waals surface area contributed by atoms with Gasteiger partial charge in [-0.2, -0.15) is 0 Å². The molecule has 24 heavy (non-hydrogen) atoms. The molecule has 0 saturated heterocycles. The summed E-state index contributed by atoms with van der Waals surface area (Å²) in [6.45, 7) is 9.41. The maximum Gasteiger partial charge on any atom is 0.111 e. The Labute approximate surface area is 143 Å². The lowest BCUT2D eigenvalue weighted by atomic mass is 9.85. The van der Waals surface area contributed by atoms with E-state index >= 15 is 0 Å². The minimum atomic E-state index is -1.64. The normalized spacial score (nSPS) is 16.8. The summed E-state index contributed by atoms with van der Waals surface area (Å²) < 4.78 is 1.39. The second-order valence-corrected chi connectivity index (χ2v) is 6.26. The number of aliphatic hydroxyl groups excluding tert-OH is 5. The van der Waals surface area contributed by atoms with Crippen molar-refractivity contribution < 1.29 is 25.5 Å². The van der Waals surface area contributed by atoms with Crippen molar-refractivity contribution >= 4 is 0 Å². The minimum absolute atomic E-state index is 0.0778. The molecule has 1 aromatic rings. The van der Waals surface area contributed by atoms with Crippen LogP contribution in [0.15, 0.2) is 6.20 Å². The van der Waals surface area contributed by atoms with Crippen LogP contribution in [0.4, 0.5) is 0 Å². The topological polar surface area (TPSA) is 132 Å². The SMILES string of the molecule is CC.CCCC(C)(C)c1cn(CC(O)C(O)C(O)C(O)CO)nn1. The van der Waals surface area contributed by atoms with E-state index in [4.69, 9.17) is 5.11 Å². The molecule has 0 saturated carbocycles. The van der Waals surface area contributed by atoms with Crippen LogP contribution < -0.4 is 0 Å². The molecule has 0 amide bonds. The van der Waals surface area contributed by atoms with Crippen LogP contribution in [0.25, 0.3) is 0 Å². The van der Waals surface area contributed by atoms with Crippen molar-refractivity contribution in [3.8, 4) is 0 Å². The molecule has 142 valence electrons. The fourth-order valence-corrected chi connectivity index (χ4v) is 2.31. The van der Waals surface area contributed by atoms with Crippen LogP contribution in [0.5, 0.6) is 0 Å². The van der Waals surface area contributed by atoms with Crippen molar-refractivity contribution in [3.63, 3.8) is 0 Å². The van der Waals surface area contributed by atoms with Gasteiger partial charge in [-0.3, -0.25) is 0 Å². The molecule has 8 nitrogen and oxygen atoms in total. The lowest BCUT2D eigenvalue weighted by Crippen LogP contribution is -2.47.